The highest BCUT2D eigenvalue weighted by molar-refractivity contribution is 7.12. The molecule has 0 saturated heterocycles. The van der Waals surface area contributed by atoms with Crippen LogP contribution in [0.2, 0.25) is 0 Å². The Morgan fingerprint density at radius 3 is 2.23 bits per heavy atom. The van der Waals surface area contributed by atoms with Crippen molar-refractivity contribution in [3.05, 3.63) is 26.5 Å². The third-order valence-corrected chi connectivity index (χ3v) is 5.50. The average Bonchev–Trinajstić information content (AvgIpc) is 2.80. The number of unbranched alkanes of at least 4 members (excludes halogenated alkanes) is 5. The summed E-state index contributed by atoms with van der Waals surface area (Å²) in [6.07, 6.45) is 12.3. The van der Waals surface area contributed by atoms with Gasteiger partial charge in [0.25, 0.3) is 0 Å². The average molecular weight is 321 g/mol. The highest BCUT2D eigenvalue weighted by Gasteiger charge is 2.17. The fraction of sp³-hybridized carbons (Fsp3) is 0.650. The van der Waals surface area contributed by atoms with Crippen molar-refractivity contribution in [3.63, 3.8) is 0 Å². The van der Waals surface area contributed by atoms with Gasteiger partial charge in [0, 0.05) is 15.3 Å². The predicted molar refractivity (Wildman–Crippen MR) is 100 cm³/mol. The van der Waals surface area contributed by atoms with Crippen LogP contribution in [0.1, 0.15) is 105 Å². The van der Waals surface area contributed by atoms with E-state index in [2.05, 4.69) is 40.7 Å². The van der Waals surface area contributed by atoms with Gasteiger partial charge >= 0.3 is 0 Å². The number of carbonyl (C=O) groups is 1. The van der Waals surface area contributed by atoms with Crippen molar-refractivity contribution in [1.29, 1.82) is 0 Å². The Balaban J connectivity index is 2.84. The second-order valence-electron chi connectivity index (χ2n) is 6.73. The second-order valence-corrected chi connectivity index (χ2v) is 7.87. The Hall–Kier alpha value is -0.890. The van der Waals surface area contributed by atoms with Crippen LogP contribution >= 0.6 is 11.3 Å². The van der Waals surface area contributed by atoms with Gasteiger partial charge in [0.05, 0.1) is 0 Å². The van der Waals surface area contributed by atoms with Crippen molar-refractivity contribution in [2.24, 2.45) is 0 Å². The molecule has 22 heavy (non-hydrogen) atoms. The van der Waals surface area contributed by atoms with E-state index in [-0.39, 0.29) is 0 Å². The summed E-state index contributed by atoms with van der Waals surface area (Å²) in [7, 11) is 0. The molecule has 0 aliphatic heterocycles. The molecule has 0 aromatic carbocycles. The van der Waals surface area contributed by atoms with Crippen molar-refractivity contribution in [1.82, 2.24) is 0 Å². The Morgan fingerprint density at radius 2 is 1.68 bits per heavy atom. The van der Waals surface area contributed by atoms with Crippen molar-refractivity contribution < 1.29 is 4.79 Å². The smallest absolute Gasteiger partial charge is 0.151 e. The van der Waals surface area contributed by atoms with Crippen molar-refractivity contribution in [3.8, 4) is 0 Å². The molecule has 1 aromatic rings. The Kier molecular flexibility index (Phi) is 8.70. The van der Waals surface area contributed by atoms with Gasteiger partial charge in [-0.25, -0.2) is 0 Å². The molecule has 0 aliphatic carbocycles. The molecular formula is C20H32OS. The molecule has 1 nitrogen and oxygen atoms in total. The lowest BCUT2D eigenvalue weighted by Gasteiger charge is -2.03. The van der Waals surface area contributed by atoms with Crippen LogP contribution < -0.4 is 0 Å². The van der Waals surface area contributed by atoms with Gasteiger partial charge in [-0.15, -0.1) is 11.3 Å². The highest BCUT2D eigenvalue weighted by atomic mass is 32.1. The maximum absolute atomic E-state index is 11.6. The quantitative estimate of drug-likeness (QED) is 0.335. The van der Waals surface area contributed by atoms with Crippen LogP contribution in [0.4, 0.5) is 0 Å². The molecule has 2 heteroatoms. The van der Waals surface area contributed by atoms with E-state index in [4.69, 9.17) is 0 Å². The van der Waals surface area contributed by atoms with Gasteiger partial charge in [-0.2, -0.15) is 0 Å². The van der Waals surface area contributed by atoms with Crippen LogP contribution in [0, 0.1) is 0 Å². The highest BCUT2D eigenvalue weighted by Crippen LogP contribution is 2.35. The van der Waals surface area contributed by atoms with E-state index in [1.54, 1.807) is 0 Å². The number of allylic oxidation sites excluding steroid dienone is 1. The molecule has 0 unspecified atom stereocenters. The number of carbonyl (C=O) groups excluding carboxylic acids is 1. The number of rotatable bonds is 10. The van der Waals surface area contributed by atoms with Crippen LogP contribution in [0.25, 0.3) is 6.08 Å². The maximum atomic E-state index is 11.6. The van der Waals surface area contributed by atoms with E-state index in [1.165, 1.54) is 59.4 Å². The number of aldehydes is 1. The normalized spacial score (nSPS) is 11.0. The summed E-state index contributed by atoms with van der Waals surface area (Å²) in [6.45, 7) is 10.8. The Bertz CT molecular complexity index is 490. The van der Waals surface area contributed by atoms with Gasteiger partial charge in [0.15, 0.2) is 6.29 Å². The van der Waals surface area contributed by atoms with E-state index in [1.807, 2.05) is 11.3 Å². The lowest BCUT2D eigenvalue weighted by molar-refractivity contribution is 0.112. The molecule has 0 radical (unpaired) electrons. The molecule has 0 bridgehead atoms. The van der Waals surface area contributed by atoms with Gasteiger partial charge in [-0.05, 0) is 38.2 Å². The minimum Gasteiger partial charge on any atom is -0.298 e. The maximum Gasteiger partial charge on any atom is 0.151 e. The zero-order valence-electron chi connectivity index (χ0n) is 15.0. The Labute approximate surface area is 140 Å². The first-order chi connectivity index (χ1) is 10.5. The largest absolute Gasteiger partial charge is 0.298 e. The summed E-state index contributed by atoms with van der Waals surface area (Å²) >= 11 is 1.85. The molecule has 0 saturated carbocycles. The first-order valence-electron chi connectivity index (χ1n) is 8.76. The van der Waals surface area contributed by atoms with E-state index >= 15 is 0 Å². The first-order valence-corrected chi connectivity index (χ1v) is 9.58. The van der Waals surface area contributed by atoms with Gasteiger partial charge < -0.3 is 0 Å². The zero-order valence-corrected chi connectivity index (χ0v) is 15.8. The van der Waals surface area contributed by atoms with E-state index < -0.39 is 0 Å². The number of hydrogen-bond acceptors (Lipinski definition) is 2. The molecule has 124 valence electrons. The molecule has 0 amide bonds. The summed E-state index contributed by atoms with van der Waals surface area (Å²) in [5, 5.41) is 0. The van der Waals surface area contributed by atoms with E-state index in [0.717, 1.165) is 18.3 Å². The predicted octanol–water partition coefficient (Wildman–Crippen LogP) is 7.01. The van der Waals surface area contributed by atoms with E-state index in [0.29, 0.717) is 5.92 Å². The van der Waals surface area contributed by atoms with Crippen LogP contribution in [-0.2, 0) is 6.42 Å². The number of hydrogen-bond donors (Lipinski definition) is 0. The van der Waals surface area contributed by atoms with E-state index in [9.17, 15) is 4.79 Å². The SMILES string of the molecule is CCCCCCCCc1sc(C(C)C)c(C=O)c1C=C(C)C. The van der Waals surface area contributed by atoms with Crippen LogP contribution in [0.15, 0.2) is 5.57 Å². The lowest BCUT2D eigenvalue weighted by Crippen LogP contribution is -1.92. The molecule has 0 fully saturated rings. The van der Waals surface area contributed by atoms with Gasteiger partial charge in [0.1, 0.15) is 0 Å². The summed E-state index contributed by atoms with van der Waals surface area (Å²) in [5.41, 5.74) is 3.39. The third kappa shape index (κ3) is 5.72. The van der Waals surface area contributed by atoms with Crippen molar-refractivity contribution in [2.75, 3.05) is 0 Å². The van der Waals surface area contributed by atoms with Crippen molar-refractivity contribution >= 4 is 23.7 Å². The summed E-state index contributed by atoms with van der Waals surface area (Å²) in [5.74, 6) is 0.424. The number of thiophene rings is 1. The molecule has 0 N–H and O–H groups in total. The second kappa shape index (κ2) is 9.99. The van der Waals surface area contributed by atoms with Gasteiger partial charge in [-0.3, -0.25) is 4.79 Å². The van der Waals surface area contributed by atoms with Crippen molar-refractivity contribution in [2.45, 2.75) is 85.5 Å². The van der Waals surface area contributed by atoms with Gasteiger partial charge in [-0.1, -0.05) is 64.5 Å². The Morgan fingerprint density at radius 1 is 1.05 bits per heavy atom. The van der Waals surface area contributed by atoms with Gasteiger partial charge in [0.2, 0.25) is 0 Å². The lowest BCUT2D eigenvalue weighted by atomic mass is 10.00. The number of aryl methyl sites for hydroxylation is 1. The van der Waals surface area contributed by atoms with Crippen LogP contribution in [-0.4, -0.2) is 6.29 Å². The van der Waals surface area contributed by atoms with Crippen LogP contribution in [0.5, 0.6) is 0 Å². The summed E-state index contributed by atoms with van der Waals surface area (Å²) < 4.78 is 0. The molecule has 0 spiro atoms. The fourth-order valence-corrected chi connectivity index (χ4v) is 4.07. The molecule has 1 heterocycles. The minimum absolute atomic E-state index is 0.424. The summed E-state index contributed by atoms with van der Waals surface area (Å²) in [4.78, 5) is 14.2. The third-order valence-electron chi connectivity index (χ3n) is 3.92. The monoisotopic (exact) mass is 320 g/mol. The van der Waals surface area contributed by atoms with Crippen LogP contribution in [0.3, 0.4) is 0 Å². The topological polar surface area (TPSA) is 17.1 Å². The summed E-state index contributed by atoms with van der Waals surface area (Å²) in [6, 6.07) is 0. The molecule has 1 rings (SSSR count). The molecule has 0 aliphatic rings. The molecule has 1 aromatic heterocycles. The zero-order chi connectivity index (χ0) is 16.5. The fourth-order valence-electron chi connectivity index (χ4n) is 2.77. The first kappa shape index (κ1) is 19.2. The molecular weight excluding hydrogens is 288 g/mol. The molecule has 0 atom stereocenters. The standard InChI is InChI=1S/C20H32OS/c1-6-7-8-9-10-11-12-19-17(13-15(2)3)18(14-21)20(22-19)16(4)5/h13-14,16H,6-12H2,1-5H3. The minimum atomic E-state index is 0.424.